The van der Waals surface area contributed by atoms with Gasteiger partial charge in [0, 0.05) is 0 Å². The van der Waals surface area contributed by atoms with Crippen LogP contribution in [0.15, 0.2) is 0 Å². The molecule has 1 fully saturated rings. The van der Waals surface area contributed by atoms with E-state index in [1.54, 1.807) is 6.92 Å². The maximum absolute atomic E-state index is 11.1. The van der Waals surface area contributed by atoms with E-state index in [9.17, 15) is 4.79 Å². The topological polar surface area (TPSA) is 46.5 Å². The molecule has 0 amide bonds. The van der Waals surface area contributed by atoms with Crippen molar-refractivity contribution in [2.75, 3.05) is 0 Å². The molecule has 0 aromatic heterocycles. The number of hydrogen-bond acceptors (Lipinski definition) is 3. The Bertz CT molecular complexity index is 150. The van der Waals surface area contributed by atoms with E-state index in [1.165, 1.54) is 0 Å². The molecule has 1 atom stereocenters. The molecule has 70 valence electrons. The number of carbonyl (C=O) groups excluding carboxylic acids is 1. The van der Waals surface area contributed by atoms with Gasteiger partial charge in [-0.2, -0.15) is 0 Å². The van der Waals surface area contributed by atoms with Crippen LogP contribution in [0.4, 0.5) is 0 Å². The first-order valence-electron chi connectivity index (χ1n) is 4.62. The monoisotopic (exact) mass is 172 g/mol. The normalized spacial score (nSPS) is 20.8. The standard InChI is InChI=1S/C9H16O3/c1-2-8(10)9(11)12-7-5-3-4-6-7/h7-8,10H,2-6H2,1H3. The van der Waals surface area contributed by atoms with Crippen molar-refractivity contribution in [3.8, 4) is 0 Å². The van der Waals surface area contributed by atoms with E-state index in [1.807, 2.05) is 0 Å². The van der Waals surface area contributed by atoms with Gasteiger partial charge in [-0.05, 0) is 32.1 Å². The molecule has 0 saturated heterocycles. The molecule has 0 spiro atoms. The SMILES string of the molecule is CCC(O)C(=O)OC1CCCC1. The first-order valence-corrected chi connectivity index (χ1v) is 4.62. The Morgan fingerprint density at radius 2 is 2.17 bits per heavy atom. The fourth-order valence-electron chi connectivity index (χ4n) is 1.42. The van der Waals surface area contributed by atoms with Gasteiger partial charge >= 0.3 is 5.97 Å². The minimum atomic E-state index is -0.925. The lowest BCUT2D eigenvalue weighted by molar-refractivity contribution is -0.158. The highest BCUT2D eigenvalue weighted by atomic mass is 16.6. The van der Waals surface area contributed by atoms with Gasteiger partial charge in [0.25, 0.3) is 0 Å². The van der Waals surface area contributed by atoms with Crippen LogP contribution in [0.2, 0.25) is 0 Å². The van der Waals surface area contributed by atoms with Gasteiger partial charge in [-0.1, -0.05) is 6.92 Å². The highest BCUT2D eigenvalue weighted by Gasteiger charge is 2.22. The van der Waals surface area contributed by atoms with Crippen LogP contribution in [0.1, 0.15) is 39.0 Å². The van der Waals surface area contributed by atoms with Gasteiger partial charge in [-0.15, -0.1) is 0 Å². The molecule has 1 aliphatic carbocycles. The molecule has 0 aromatic rings. The van der Waals surface area contributed by atoms with E-state index in [0.717, 1.165) is 25.7 Å². The Balaban J connectivity index is 2.25. The predicted molar refractivity (Wildman–Crippen MR) is 44.6 cm³/mol. The number of carbonyl (C=O) groups is 1. The third-order valence-electron chi connectivity index (χ3n) is 2.24. The maximum Gasteiger partial charge on any atom is 0.335 e. The third kappa shape index (κ3) is 2.48. The molecule has 3 heteroatoms. The Morgan fingerprint density at radius 3 is 2.67 bits per heavy atom. The van der Waals surface area contributed by atoms with Crippen LogP contribution in [-0.2, 0) is 9.53 Å². The van der Waals surface area contributed by atoms with Gasteiger partial charge in [-0.3, -0.25) is 0 Å². The zero-order chi connectivity index (χ0) is 8.97. The molecule has 3 nitrogen and oxygen atoms in total. The van der Waals surface area contributed by atoms with Crippen LogP contribution >= 0.6 is 0 Å². The number of hydrogen-bond donors (Lipinski definition) is 1. The molecule has 0 bridgehead atoms. The van der Waals surface area contributed by atoms with Gasteiger partial charge in [0.2, 0.25) is 0 Å². The molecular formula is C9H16O3. The zero-order valence-electron chi connectivity index (χ0n) is 7.45. The van der Waals surface area contributed by atoms with Crippen molar-refractivity contribution in [1.82, 2.24) is 0 Å². The summed E-state index contributed by atoms with van der Waals surface area (Å²) < 4.78 is 5.08. The minimum absolute atomic E-state index is 0.0682. The number of esters is 1. The van der Waals surface area contributed by atoms with Crippen LogP contribution in [-0.4, -0.2) is 23.3 Å². The van der Waals surface area contributed by atoms with Gasteiger partial charge in [0.15, 0.2) is 6.10 Å². The summed E-state index contributed by atoms with van der Waals surface area (Å²) in [5, 5.41) is 9.11. The number of rotatable bonds is 3. The van der Waals surface area contributed by atoms with Crippen molar-refractivity contribution in [2.24, 2.45) is 0 Å². The summed E-state index contributed by atoms with van der Waals surface area (Å²) >= 11 is 0. The van der Waals surface area contributed by atoms with Crippen LogP contribution in [0.5, 0.6) is 0 Å². The number of ether oxygens (including phenoxy) is 1. The van der Waals surface area contributed by atoms with Gasteiger partial charge < -0.3 is 9.84 Å². The van der Waals surface area contributed by atoms with E-state index in [4.69, 9.17) is 9.84 Å². The number of aliphatic hydroxyl groups is 1. The molecule has 1 aliphatic rings. The maximum atomic E-state index is 11.1. The fraction of sp³-hybridized carbons (Fsp3) is 0.889. The van der Waals surface area contributed by atoms with Crippen molar-refractivity contribution in [2.45, 2.75) is 51.2 Å². The Labute approximate surface area is 72.7 Å². The summed E-state index contributed by atoms with van der Waals surface area (Å²) in [6.45, 7) is 1.76. The molecule has 0 heterocycles. The van der Waals surface area contributed by atoms with E-state index in [2.05, 4.69) is 0 Å². The first kappa shape index (κ1) is 9.52. The van der Waals surface area contributed by atoms with Crippen LogP contribution in [0.25, 0.3) is 0 Å². The average Bonchev–Trinajstić information content (AvgIpc) is 2.55. The third-order valence-corrected chi connectivity index (χ3v) is 2.24. The highest BCUT2D eigenvalue weighted by Crippen LogP contribution is 2.21. The summed E-state index contributed by atoms with van der Waals surface area (Å²) in [7, 11) is 0. The van der Waals surface area contributed by atoms with E-state index in [-0.39, 0.29) is 6.10 Å². The van der Waals surface area contributed by atoms with E-state index >= 15 is 0 Å². The second-order valence-corrected chi connectivity index (χ2v) is 3.27. The summed E-state index contributed by atoms with van der Waals surface area (Å²) in [6, 6.07) is 0. The van der Waals surface area contributed by atoms with Crippen LogP contribution in [0.3, 0.4) is 0 Å². The quantitative estimate of drug-likeness (QED) is 0.651. The van der Waals surface area contributed by atoms with Gasteiger partial charge in [0.05, 0.1) is 0 Å². The Hall–Kier alpha value is -0.570. The summed E-state index contributed by atoms with van der Waals surface area (Å²) in [5.41, 5.74) is 0. The van der Waals surface area contributed by atoms with Crippen LogP contribution in [0, 0.1) is 0 Å². The molecule has 1 saturated carbocycles. The van der Waals surface area contributed by atoms with Crippen molar-refractivity contribution in [3.05, 3.63) is 0 Å². The van der Waals surface area contributed by atoms with Crippen molar-refractivity contribution in [3.63, 3.8) is 0 Å². The minimum Gasteiger partial charge on any atom is -0.460 e. The predicted octanol–water partition coefficient (Wildman–Crippen LogP) is 1.24. The van der Waals surface area contributed by atoms with Gasteiger partial charge in [0.1, 0.15) is 6.10 Å². The zero-order valence-corrected chi connectivity index (χ0v) is 7.45. The molecule has 0 aromatic carbocycles. The fourth-order valence-corrected chi connectivity index (χ4v) is 1.42. The number of aliphatic hydroxyl groups excluding tert-OH is 1. The average molecular weight is 172 g/mol. The largest absolute Gasteiger partial charge is 0.460 e. The molecule has 0 radical (unpaired) electrons. The highest BCUT2D eigenvalue weighted by molar-refractivity contribution is 5.74. The summed E-state index contributed by atoms with van der Waals surface area (Å²) in [4.78, 5) is 11.1. The Kier molecular flexibility index (Phi) is 3.53. The van der Waals surface area contributed by atoms with Crippen LogP contribution < -0.4 is 0 Å². The lowest BCUT2D eigenvalue weighted by Gasteiger charge is -2.13. The molecule has 12 heavy (non-hydrogen) atoms. The van der Waals surface area contributed by atoms with Gasteiger partial charge in [-0.25, -0.2) is 4.79 Å². The molecule has 1 unspecified atom stereocenters. The van der Waals surface area contributed by atoms with E-state index in [0.29, 0.717) is 6.42 Å². The second-order valence-electron chi connectivity index (χ2n) is 3.27. The molecular weight excluding hydrogens is 156 g/mol. The Morgan fingerprint density at radius 1 is 1.58 bits per heavy atom. The second kappa shape index (κ2) is 4.45. The lowest BCUT2D eigenvalue weighted by Crippen LogP contribution is -2.26. The smallest absolute Gasteiger partial charge is 0.335 e. The first-order chi connectivity index (χ1) is 5.74. The lowest BCUT2D eigenvalue weighted by atomic mass is 10.2. The van der Waals surface area contributed by atoms with E-state index < -0.39 is 12.1 Å². The summed E-state index contributed by atoms with van der Waals surface area (Å²) in [6.07, 6.45) is 3.78. The van der Waals surface area contributed by atoms with Crippen molar-refractivity contribution >= 4 is 5.97 Å². The molecule has 1 N–H and O–H groups in total. The van der Waals surface area contributed by atoms with Crippen molar-refractivity contribution in [1.29, 1.82) is 0 Å². The van der Waals surface area contributed by atoms with Crippen molar-refractivity contribution < 1.29 is 14.6 Å². The molecule has 1 rings (SSSR count). The molecule has 0 aliphatic heterocycles. The summed E-state index contributed by atoms with van der Waals surface area (Å²) in [5.74, 6) is -0.454.